The molecule has 0 aromatic carbocycles. The fourth-order valence-corrected chi connectivity index (χ4v) is 2.83. The van der Waals surface area contributed by atoms with Gasteiger partial charge in [-0.05, 0) is 39.5 Å². The summed E-state index contributed by atoms with van der Waals surface area (Å²) in [5, 5.41) is 2.76. The van der Waals surface area contributed by atoms with Crippen LogP contribution in [0.3, 0.4) is 0 Å². The van der Waals surface area contributed by atoms with Crippen LogP contribution in [0.1, 0.15) is 46.0 Å². The van der Waals surface area contributed by atoms with Crippen molar-refractivity contribution in [3.63, 3.8) is 0 Å². The molecule has 2 rings (SSSR count). The zero-order valence-corrected chi connectivity index (χ0v) is 10.0. The molecule has 4 heteroatoms. The smallest absolute Gasteiger partial charge is 0.245 e. The molecule has 0 aromatic rings. The molecule has 2 heterocycles. The van der Waals surface area contributed by atoms with Crippen LogP contribution in [-0.4, -0.2) is 34.8 Å². The summed E-state index contributed by atoms with van der Waals surface area (Å²) >= 11 is 0. The average Bonchev–Trinajstić information content (AvgIpc) is 2.64. The van der Waals surface area contributed by atoms with Gasteiger partial charge in [-0.25, -0.2) is 0 Å². The number of carbonyl (C=O) groups is 2. The highest BCUT2D eigenvalue weighted by atomic mass is 16.2. The van der Waals surface area contributed by atoms with Gasteiger partial charge < -0.3 is 10.2 Å². The van der Waals surface area contributed by atoms with E-state index in [9.17, 15) is 9.59 Å². The Morgan fingerprint density at radius 1 is 1.25 bits per heavy atom. The molecule has 0 radical (unpaired) electrons. The van der Waals surface area contributed by atoms with Crippen molar-refractivity contribution in [2.75, 3.05) is 0 Å². The van der Waals surface area contributed by atoms with Gasteiger partial charge >= 0.3 is 0 Å². The van der Waals surface area contributed by atoms with Crippen molar-refractivity contribution < 1.29 is 9.59 Å². The minimum absolute atomic E-state index is 0.00988. The number of rotatable bonds is 1. The summed E-state index contributed by atoms with van der Waals surface area (Å²) in [5.74, 6) is 0.126. The van der Waals surface area contributed by atoms with Gasteiger partial charge in [0.15, 0.2) is 0 Å². The van der Waals surface area contributed by atoms with E-state index in [0.717, 1.165) is 12.8 Å². The molecule has 3 unspecified atom stereocenters. The third-order valence-electron chi connectivity index (χ3n) is 3.74. The Kier molecular flexibility index (Phi) is 3.17. The van der Waals surface area contributed by atoms with Crippen molar-refractivity contribution in [1.29, 1.82) is 0 Å². The van der Waals surface area contributed by atoms with Crippen LogP contribution in [0.15, 0.2) is 0 Å². The van der Waals surface area contributed by atoms with Crippen molar-refractivity contribution >= 4 is 11.8 Å². The molecule has 2 aliphatic rings. The van der Waals surface area contributed by atoms with E-state index in [1.165, 1.54) is 6.42 Å². The predicted octanol–water partition coefficient (Wildman–Crippen LogP) is 1.05. The first-order valence-corrected chi connectivity index (χ1v) is 6.21. The third-order valence-corrected chi connectivity index (χ3v) is 3.74. The lowest BCUT2D eigenvalue weighted by molar-refractivity contribution is -0.140. The minimum Gasteiger partial charge on any atom is -0.344 e. The molecule has 2 saturated heterocycles. The van der Waals surface area contributed by atoms with Crippen molar-refractivity contribution in [2.24, 2.45) is 0 Å². The number of piperidine rings is 1. The second-order valence-corrected chi connectivity index (χ2v) is 5.03. The van der Waals surface area contributed by atoms with Crippen LogP contribution in [0.25, 0.3) is 0 Å². The van der Waals surface area contributed by atoms with Crippen LogP contribution >= 0.6 is 0 Å². The molecule has 4 nitrogen and oxygen atoms in total. The van der Waals surface area contributed by atoms with Gasteiger partial charge in [-0.1, -0.05) is 0 Å². The van der Waals surface area contributed by atoms with Crippen LogP contribution in [-0.2, 0) is 9.59 Å². The topological polar surface area (TPSA) is 49.4 Å². The molecule has 1 N–H and O–H groups in total. The summed E-state index contributed by atoms with van der Waals surface area (Å²) in [5.41, 5.74) is 0. The number of nitrogens with one attached hydrogen (secondary N) is 1. The fraction of sp³-hybridized carbons (Fsp3) is 0.833. The largest absolute Gasteiger partial charge is 0.344 e. The Morgan fingerprint density at radius 2 is 1.88 bits per heavy atom. The van der Waals surface area contributed by atoms with E-state index in [-0.39, 0.29) is 17.9 Å². The zero-order valence-electron chi connectivity index (χ0n) is 10.0. The van der Waals surface area contributed by atoms with E-state index in [1.807, 2.05) is 4.90 Å². The molecule has 0 saturated carbocycles. The van der Waals surface area contributed by atoms with Crippen molar-refractivity contribution in [3.05, 3.63) is 0 Å². The van der Waals surface area contributed by atoms with Gasteiger partial charge in [-0.15, -0.1) is 0 Å². The molecule has 16 heavy (non-hydrogen) atoms. The Hall–Kier alpha value is -1.06. The Morgan fingerprint density at radius 3 is 2.38 bits per heavy atom. The minimum atomic E-state index is -0.268. The molecular weight excluding hydrogens is 204 g/mol. The number of nitrogens with zero attached hydrogens (tertiary/aromatic N) is 1. The van der Waals surface area contributed by atoms with E-state index >= 15 is 0 Å². The van der Waals surface area contributed by atoms with Gasteiger partial charge in [-0.3, -0.25) is 9.59 Å². The normalized spacial score (nSPS) is 35.0. The van der Waals surface area contributed by atoms with Crippen LogP contribution < -0.4 is 5.32 Å². The molecule has 0 bridgehead atoms. The molecule has 90 valence electrons. The van der Waals surface area contributed by atoms with Gasteiger partial charge in [0.05, 0.1) is 0 Å². The number of carbonyl (C=O) groups excluding carboxylic acids is 2. The van der Waals surface area contributed by atoms with E-state index in [1.54, 1.807) is 0 Å². The van der Waals surface area contributed by atoms with Gasteiger partial charge in [-0.2, -0.15) is 0 Å². The highest BCUT2D eigenvalue weighted by Crippen LogP contribution is 2.24. The highest BCUT2D eigenvalue weighted by Gasteiger charge is 2.36. The molecule has 3 atom stereocenters. The number of likely N-dealkylation sites (tertiary alicyclic amines) is 1. The van der Waals surface area contributed by atoms with E-state index in [0.29, 0.717) is 24.9 Å². The maximum absolute atomic E-state index is 12.3. The van der Waals surface area contributed by atoms with Crippen LogP contribution in [0.2, 0.25) is 0 Å². The summed E-state index contributed by atoms with van der Waals surface area (Å²) in [7, 11) is 0. The second kappa shape index (κ2) is 4.44. The SMILES string of the molecule is CC1CCCC(C)N1C(=O)C1CCC(=O)N1. The predicted molar refractivity (Wildman–Crippen MR) is 60.8 cm³/mol. The third kappa shape index (κ3) is 2.06. The van der Waals surface area contributed by atoms with Crippen LogP contribution in [0.4, 0.5) is 0 Å². The first kappa shape index (κ1) is 11.4. The molecular formula is C12H20N2O2. The van der Waals surface area contributed by atoms with E-state index < -0.39 is 0 Å². The van der Waals surface area contributed by atoms with Crippen LogP contribution in [0.5, 0.6) is 0 Å². The maximum Gasteiger partial charge on any atom is 0.245 e. The van der Waals surface area contributed by atoms with Gasteiger partial charge in [0, 0.05) is 18.5 Å². The summed E-state index contributed by atoms with van der Waals surface area (Å²) in [6.45, 7) is 4.20. The van der Waals surface area contributed by atoms with Crippen LogP contribution in [0, 0.1) is 0 Å². The highest BCUT2D eigenvalue weighted by molar-refractivity contribution is 5.91. The molecule has 0 aromatic heterocycles. The maximum atomic E-state index is 12.3. The first-order valence-electron chi connectivity index (χ1n) is 6.21. The summed E-state index contributed by atoms with van der Waals surface area (Å²) in [4.78, 5) is 25.4. The summed E-state index contributed by atoms with van der Waals surface area (Å²) in [6.07, 6.45) is 4.51. The van der Waals surface area contributed by atoms with E-state index in [2.05, 4.69) is 19.2 Å². The lowest BCUT2D eigenvalue weighted by Crippen LogP contribution is -2.53. The Labute approximate surface area is 96.4 Å². The number of amides is 2. The van der Waals surface area contributed by atoms with Gasteiger partial charge in [0.25, 0.3) is 0 Å². The standard InChI is InChI=1S/C12H20N2O2/c1-8-4-3-5-9(2)14(8)12(16)10-6-7-11(15)13-10/h8-10H,3-7H2,1-2H3,(H,13,15). The Bertz CT molecular complexity index is 293. The van der Waals surface area contributed by atoms with Crippen molar-refractivity contribution in [3.8, 4) is 0 Å². The molecule has 0 aliphatic carbocycles. The number of hydrogen-bond acceptors (Lipinski definition) is 2. The fourth-order valence-electron chi connectivity index (χ4n) is 2.83. The van der Waals surface area contributed by atoms with Gasteiger partial charge in [0.2, 0.25) is 11.8 Å². The molecule has 0 spiro atoms. The lowest BCUT2D eigenvalue weighted by atomic mass is 9.96. The zero-order chi connectivity index (χ0) is 11.7. The summed E-state index contributed by atoms with van der Waals surface area (Å²) in [6, 6.07) is 0.359. The molecule has 2 aliphatic heterocycles. The quantitative estimate of drug-likeness (QED) is 0.724. The summed E-state index contributed by atoms with van der Waals surface area (Å²) < 4.78 is 0. The van der Waals surface area contributed by atoms with Crippen molar-refractivity contribution in [1.82, 2.24) is 10.2 Å². The average molecular weight is 224 g/mol. The number of hydrogen-bond donors (Lipinski definition) is 1. The molecule has 2 fully saturated rings. The Balaban J connectivity index is 2.04. The molecule has 2 amide bonds. The van der Waals surface area contributed by atoms with Crippen molar-refractivity contribution in [2.45, 2.75) is 64.1 Å². The second-order valence-electron chi connectivity index (χ2n) is 5.03. The lowest BCUT2D eigenvalue weighted by Gasteiger charge is -2.40. The monoisotopic (exact) mass is 224 g/mol. The first-order chi connectivity index (χ1) is 7.59. The van der Waals surface area contributed by atoms with Gasteiger partial charge in [0.1, 0.15) is 6.04 Å². The van der Waals surface area contributed by atoms with E-state index in [4.69, 9.17) is 0 Å².